The monoisotopic (exact) mass is 298 g/mol. The highest BCUT2D eigenvalue weighted by Crippen LogP contribution is 2.28. The van der Waals surface area contributed by atoms with Gasteiger partial charge in [-0.25, -0.2) is 13.4 Å². The SMILES string of the molecule is O=[N+]([O-])c1ccc(Cl)nc1S(=O)(=O)c1ccccc1. The summed E-state index contributed by atoms with van der Waals surface area (Å²) in [6.07, 6.45) is 0. The first-order valence-electron chi connectivity index (χ1n) is 5.04. The third-order valence-corrected chi connectivity index (χ3v) is 4.22. The predicted octanol–water partition coefficient (Wildman–Crippen LogP) is 2.48. The largest absolute Gasteiger partial charge is 0.307 e. The molecular formula is C11H7ClN2O4S. The topological polar surface area (TPSA) is 90.2 Å². The zero-order valence-electron chi connectivity index (χ0n) is 9.36. The Hall–Kier alpha value is -1.99. The summed E-state index contributed by atoms with van der Waals surface area (Å²) < 4.78 is 24.6. The average Bonchev–Trinajstić information content (AvgIpc) is 2.39. The number of halogens is 1. The molecule has 2 aromatic rings. The molecule has 0 saturated heterocycles. The van der Waals surface area contributed by atoms with Crippen LogP contribution in [-0.2, 0) is 9.84 Å². The lowest BCUT2D eigenvalue weighted by atomic mass is 10.4. The van der Waals surface area contributed by atoms with Gasteiger partial charge in [0.1, 0.15) is 5.15 Å². The zero-order valence-corrected chi connectivity index (χ0v) is 10.9. The number of hydrogen-bond donors (Lipinski definition) is 0. The van der Waals surface area contributed by atoms with Gasteiger partial charge in [0.25, 0.3) is 0 Å². The molecule has 0 spiro atoms. The molecule has 98 valence electrons. The minimum Gasteiger partial charge on any atom is -0.258 e. The van der Waals surface area contributed by atoms with Crippen LogP contribution in [0.3, 0.4) is 0 Å². The molecule has 6 nitrogen and oxygen atoms in total. The lowest BCUT2D eigenvalue weighted by Gasteiger charge is -2.04. The van der Waals surface area contributed by atoms with Crippen molar-refractivity contribution in [1.82, 2.24) is 4.98 Å². The van der Waals surface area contributed by atoms with E-state index in [4.69, 9.17) is 11.6 Å². The van der Waals surface area contributed by atoms with E-state index < -0.39 is 25.5 Å². The normalized spacial score (nSPS) is 11.2. The van der Waals surface area contributed by atoms with Gasteiger partial charge < -0.3 is 0 Å². The van der Waals surface area contributed by atoms with Gasteiger partial charge in [0.2, 0.25) is 14.9 Å². The van der Waals surface area contributed by atoms with E-state index in [-0.39, 0.29) is 10.0 Å². The number of nitrogens with zero attached hydrogens (tertiary/aromatic N) is 2. The van der Waals surface area contributed by atoms with Crippen molar-refractivity contribution in [3.63, 3.8) is 0 Å². The molecule has 0 unspecified atom stereocenters. The van der Waals surface area contributed by atoms with E-state index >= 15 is 0 Å². The van der Waals surface area contributed by atoms with Gasteiger partial charge in [-0.15, -0.1) is 0 Å². The summed E-state index contributed by atoms with van der Waals surface area (Å²) in [4.78, 5) is 13.6. The first-order valence-corrected chi connectivity index (χ1v) is 6.90. The molecule has 0 aliphatic heterocycles. The number of sulfone groups is 1. The van der Waals surface area contributed by atoms with Crippen LogP contribution in [0.2, 0.25) is 5.15 Å². The van der Waals surface area contributed by atoms with Gasteiger partial charge >= 0.3 is 5.69 Å². The van der Waals surface area contributed by atoms with Crippen LogP contribution in [0.25, 0.3) is 0 Å². The molecule has 0 atom stereocenters. The van der Waals surface area contributed by atoms with Crippen molar-refractivity contribution in [2.24, 2.45) is 0 Å². The summed E-state index contributed by atoms with van der Waals surface area (Å²) in [7, 11) is -4.07. The molecule has 0 aliphatic carbocycles. The van der Waals surface area contributed by atoms with Crippen LogP contribution in [0.4, 0.5) is 5.69 Å². The van der Waals surface area contributed by atoms with E-state index in [9.17, 15) is 18.5 Å². The average molecular weight is 299 g/mol. The number of pyridine rings is 1. The second kappa shape index (κ2) is 4.94. The first kappa shape index (κ1) is 13.4. The fraction of sp³-hybridized carbons (Fsp3) is 0. The summed E-state index contributed by atoms with van der Waals surface area (Å²) in [6.45, 7) is 0. The number of rotatable bonds is 3. The van der Waals surface area contributed by atoms with Gasteiger partial charge in [-0.05, 0) is 18.2 Å². The molecule has 8 heteroatoms. The Balaban J connectivity index is 2.71. The second-order valence-electron chi connectivity index (χ2n) is 3.53. The van der Waals surface area contributed by atoms with E-state index in [0.29, 0.717) is 0 Å². The van der Waals surface area contributed by atoms with E-state index in [1.54, 1.807) is 6.07 Å². The third-order valence-electron chi connectivity index (χ3n) is 2.31. The van der Waals surface area contributed by atoms with E-state index in [2.05, 4.69) is 4.98 Å². The highest BCUT2D eigenvalue weighted by Gasteiger charge is 2.29. The molecule has 1 heterocycles. The van der Waals surface area contributed by atoms with Crippen molar-refractivity contribution in [2.45, 2.75) is 9.92 Å². The minimum atomic E-state index is -4.07. The van der Waals surface area contributed by atoms with Gasteiger partial charge in [0.15, 0.2) is 0 Å². The Labute approximate surface area is 113 Å². The summed E-state index contributed by atoms with van der Waals surface area (Å²) in [6, 6.07) is 9.53. The maximum atomic E-state index is 12.3. The van der Waals surface area contributed by atoms with Crippen LogP contribution >= 0.6 is 11.6 Å². The Morgan fingerprint density at radius 2 is 1.74 bits per heavy atom. The standard InChI is InChI=1S/C11H7ClN2O4S/c12-10-7-6-9(14(15)16)11(13-10)19(17,18)8-4-2-1-3-5-8/h1-7H. The van der Waals surface area contributed by atoms with Crippen LogP contribution in [0.15, 0.2) is 52.4 Å². The smallest absolute Gasteiger partial charge is 0.258 e. The van der Waals surface area contributed by atoms with Crippen molar-refractivity contribution in [2.75, 3.05) is 0 Å². The van der Waals surface area contributed by atoms with Gasteiger partial charge in [-0.1, -0.05) is 29.8 Å². The highest BCUT2D eigenvalue weighted by molar-refractivity contribution is 7.91. The molecule has 0 saturated carbocycles. The molecule has 1 aromatic heterocycles. The van der Waals surface area contributed by atoms with Crippen LogP contribution in [0.5, 0.6) is 0 Å². The number of hydrogen-bond acceptors (Lipinski definition) is 5. The zero-order chi connectivity index (χ0) is 14.0. The van der Waals surface area contributed by atoms with E-state index in [1.807, 2.05) is 0 Å². The summed E-state index contributed by atoms with van der Waals surface area (Å²) in [5.41, 5.74) is -0.603. The molecule has 2 rings (SSSR count). The molecule has 0 fully saturated rings. The third kappa shape index (κ3) is 2.56. The van der Waals surface area contributed by atoms with Crippen molar-refractivity contribution in [3.8, 4) is 0 Å². The van der Waals surface area contributed by atoms with Gasteiger partial charge in [0.05, 0.1) is 9.82 Å². The molecule has 19 heavy (non-hydrogen) atoms. The van der Waals surface area contributed by atoms with Crippen molar-refractivity contribution >= 4 is 27.1 Å². The Morgan fingerprint density at radius 1 is 1.11 bits per heavy atom. The van der Waals surface area contributed by atoms with Gasteiger partial charge in [-0.3, -0.25) is 10.1 Å². The maximum absolute atomic E-state index is 12.3. The van der Waals surface area contributed by atoms with Gasteiger partial charge in [0, 0.05) is 6.07 Å². The van der Waals surface area contributed by atoms with Crippen molar-refractivity contribution < 1.29 is 13.3 Å². The number of benzene rings is 1. The lowest BCUT2D eigenvalue weighted by molar-refractivity contribution is -0.388. The first-order chi connectivity index (χ1) is 8.93. The molecule has 1 aromatic carbocycles. The lowest BCUT2D eigenvalue weighted by Crippen LogP contribution is -2.08. The van der Waals surface area contributed by atoms with Crippen LogP contribution in [0.1, 0.15) is 0 Å². The molecule has 0 amide bonds. The minimum absolute atomic E-state index is 0.0760. The van der Waals surface area contributed by atoms with E-state index in [1.165, 1.54) is 30.3 Å². The summed E-state index contributed by atoms with van der Waals surface area (Å²) >= 11 is 5.62. The predicted molar refractivity (Wildman–Crippen MR) is 67.8 cm³/mol. The van der Waals surface area contributed by atoms with Crippen molar-refractivity contribution in [1.29, 1.82) is 0 Å². The van der Waals surface area contributed by atoms with Crippen molar-refractivity contribution in [3.05, 3.63) is 57.7 Å². The highest BCUT2D eigenvalue weighted by atomic mass is 35.5. The second-order valence-corrected chi connectivity index (χ2v) is 5.78. The number of aromatic nitrogens is 1. The molecule has 0 N–H and O–H groups in total. The van der Waals surface area contributed by atoms with Crippen LogP contribution in [0, 0.1) is 10.1 Å². The molecule has 0 radical (unpaired) electrons. The van der Waals surface area contributed by atoms with E-state index in [0.717, 1.165) is 6.07 Å². The maximum Gasteiger partial charge on any atom is 0.307 e. The van der Waals surface area contributed by atoms with Crippen LogP contribution < -0.4 is 0 Å². The Kier molecular flexibility index (Phi) is 3.50. The fourth-order valence-corrected chi connectivity index (χ4v) is 3.03. The van der Waals surface area contributed by atoms with Gasteiger partial charge in [-0.2, -0.15) is 0 Å². The quantitative estimate of drug-likeness (QED) is 0.493. The Bertz CT molecular complexity index is 732. The Morgan fingerprint density at radius 3 is 2.32 bits per heavy atom. The number of nitro groups is 1. The molecule has 0 aliphatic rings. The van der Waals surface area contributed by atoms with Crippen LogP contribution in [-0.4, -0.2) is 18.3 Å². The molecule has 0 bridgehead atoms. The fourth-order valence-electron chi connectivity index (χ4n) is 1.46. The molecular weight excluding hydrogens is 292 g/mol. The summed E-state index contributed by atoms with van der Waals surface area (Å²) in [5.74, 6) is 0. The summed E-state index contributed by atoms with van der Waals surface area (Å²) in [5, 5.41) is 10.1.